The molecule has 0 atom stereocenters. The van der Waals surface area contributed by atoms with Crippen molar-refractivity contribution in [2.24, 2.45) is 0 Å². The molecule has 146 valence electrons. The van der Waals surface area contributed by atoms with Gasteiger partial charge >= 0.3 is 0 Å². The number of benzene rings is 2. The van der Waals surface area contributed by atoms with Gasteiger partial charge in [-0.2, -0.15) is 0 Å². The molecule has 0 spiro atoms. The fraction of sp³-hybridized carbons (Fsp3) is 0.286. The Morgan fingerprint density at radius 1 is 1.00 bits per heavy atom. The van der Waals surface area contributed by atoms with E-state index in [0.29, 0.717) is 22.8 Å². The van der Waals surface area contributed by atoms with Gasteiger partial charge in [-0.1, -0.05) is 6.07 Å². The maximum atomic E-state index is 5.94. The molecular weight excluding hydrogens is 394 g/mol. The number of oxazole rings is 1. The topological polar surface area (TPSA) is 53.7 Å². The highest BCUT2D eigenvalue weighted by atomic mass is 32.2. The van der Waals surface area contributed by atoms with Crippen LogP contribution in [0.3, 0.4) is 0 Å². The molecule has 1 aliphatic heterocycles. The minimum atomic E-state index is 0.308. The quantitative estimate of drug-likeness (QED) is 0.511. The predicted molar refractivity (Wildman–Crippen MR) is 113 cm³/mol. The fourth-order valence-corrected chi connectivity index (χ4v) is 5.73. The van der Waals surface area contributed by atoms with E-state index in [4.69, 9.17) is 18.6 Å². The van der Waals surface area contributed by atoms with Gasteiger partial charge in [0.1, 0.15) is 24.3 Å². The van der Waals surface area contributed by atoms with Crippen molar-refractivity contribution in [1.29, 1.82) is 0 Å². The number of aromatic nitrogens is 1. The standard InChI is InChI=1S/C21H21NO4S2/c1-23-17-6-3-14(4-7-17)20-22-16(13-26-20)12-25-18-8-5-15(11-19(18)24-2)21-27-9-10-28-21/h3-8,11,13,21H,9-10,12H2,1-2H3. The summed E-state index contributed by atoms with van der Waals surface area (Å²) in [5.74, 6) is 5.18. The van der Waals surface area contributed by atoms with E-state index in [2.05, 4.69) is 17.1 Å². The van der Waals surface area contributed by atoms with Crippen LogP contribution in [-0.2, 0) is 6.61 Å². The highest BCUT2D eigenvalue weighted by Crippen LogP contribution is 2.47. The molecule has 0 amide bonds. The largest absolute Gasteiger partial charge is 0.497 e. The molecule has 3 aromatic rings. The third-order valence-corrected chi connectivity index (χ3v) is 7.45. The summed E-state index contributed by atoms with van der Waals surface area (Å²) in [5, 5.41) is 0. The van der Waals surface area contributed by atoms with E-state index in [9.17, 15) is 0 Å². The molecule has 1 aromatic heterocycles. The van der Waals surface area contributed by atoms with Crippen LogP contribution in [0.5, 0.6) is 17.2 Å². The van der Waals surface area contributed by atoms with Crippen molar-refractivity contribution in [2.75, 3.05) is 25.7 Å². The lowest BCUT2D eigenvalue weighted by molar-refractivity contribution is 0.280. The number of hydrogen-bond donors (Lipinski definition) is 0. The lowest BCUT2D eigenvalue weighted by Gasteiger charge is -2.14. The second-order valence-electron chi connectivity index (χ2n) is 6.14. The average Bonchev–Trinajstić information content (AvgIpc) is 3.44. The molecule has 0 bridgehead atoms. The average molecular weight is 416 g/mol. The minimum Gasteiger partial charge on any atom is -0.497 e. The highest BCUT2D eigenvalue weighted by molar-refractivity contribution is 8.19. The van der Waals surface area contributed by atoms with Crippen LogP contribution in [0, 0.1) is 0 Å². The van der Waals surface area contributed by atoms with Gasteiger partial charge in [-0.15, -0.1) is 23.5 Å². The summed E-state index contributed by atoms with van der Waals surface area (Å²) in [6.07, 6.45) is 1.62. The van der Waals surface area contributed by atoms with Crippen LogP contribution in [0.25, 0.3) is 11.5 Å². The van der Waals surface area contributed by atoms with Gasteiger partial charge in [0.25, 0.3) is 0 Å². The minimum absolute atomic E-state index is 0.308. The van der Waals surface area contributed by atoms with Crippen LogP contribution >= 0.6 is 23.5 Å². The van der Waals surface area contributed by atoms with E-state index >= 15 is 0 Å². The zero-order valence-corrected chi connectivity index (χ0v) is 17.3. The number of thioether (sulfide) groups is 2. The molecule has 1 fully saturated rings. The van der Waals surface area contributed by atoms with Crippen molar-refractivity contribution in [3.63, 3.8) is 0 Å². The molecule has 0 aliphatic carbocycles. The predicted octanol–water partition coefficient (Wildman–Crippen LogP) is 5.42. The van der Waals surface area contributed by atoms with Gasteiger partial charge in [0, 0.05) is 17.1 Å². The fourth-order valence-electron chi connectivity index (χ4n) is 2.89. The first-order valence-electron chi connectivity index (χ1n) is 8.89. The summed E-state index contributed by atoms with van der Waals surface area (Å²) in [4.78, 5) is 4.51. The highest BCUT2D eigenvalue weighted by Gasteiger charge is 2.20. The summed E-state index contributed by atoms with van der Waals surface area (Å²) in [6.45, 7) is 0.308. The second kappa shape index (κ2) is 8.84. The first-order chi connectivity index (χ1) is 13.8. The van der Waals surface area contributed by atoms with E-state index in [0.717, 1.165) is 22.8 Å². The van der Waals surface area contributed by atoms with Crippen molar-refractivity contribution < 1.29 is 18.6 Å². The van der Waals surface area contributed by atoms with Crippen LogP contribution in [-0.4, -0.2) is 30.7 Å². The molecule has 0 N–H and O–H groups in total. The summed E-state index contributed by atoms with van der Waals surface area (Å²) in [5.41, 5.74) is 2.87. The van der Waals surface area contributed by atoms with Crippen LogP contribution in [0.2, 0.25) is 0 Å². The Bertz CT molecular complexity index is 920. The molecule has 0 radical (unpaired) electrons. The van der Waals surface area contributed by atoms with Gasteiger partial charge in [-0.25, -0.2) is 4.98 Å². The normalized spacial score (nSPS) is 14.2. The molecule has 4 rings (SSSR count). The van der Waals surface area contributed by atoms with Gasteiger partial charge < -0.3 is 18.6 Å². The van der Waals surface area contributed by atoms with Gasteiger partial charge in [-0.05, 0) is 42.0 Å². The van der Waals surface area contributed by atoms with Crippen LogP contribution < -0.4 is 14.2 Å². The van der Waals surface area contributed by atoms with Gasteiger partial charge in [0.2, 0.25) is 5.89 Å². The van der Waals surface area contributed by atoms with Crippen LogP contribution in [0.4, 0.5) is 0 Å². The Morgan fingerprint density at radius 3 is 2.50 bits per heavy atom. The third kappa shape index (κ3) is 4.25. The Kier molecular flexibility index (Phi) is 6.02. The van der Waals surface area contributed by atoms with Crippen molar-refractivity contribution in [3.8, 4) is 28.7 Å². The number of rotatable bonds is 7. The Labute approximate surface area is 172 Å². The van der Waals surface area contributed by atoms with Gasteiger partial charge in [0.15, 0.2) is 11.5 Å². The molecular formula is C21H21NO4S2. The van der Waals surface area contributed by atoms with E-state index in [-0.39, 0.29) is 0 Å². The summed E-state index contributed by atoms with van der Waals surface area (Å²) in [6, 6.07) is 13.7. The zero-order valence-electron chi connectivity index (χ0n) is 15.7. The number of hydrogen-bond acceptors (Lipinski definition) is 7. The van der Waals surface area contributed by atoms with Gasteiger partial charge in [-0.3, -0.25) is 0 Å². The molecule has 0 unspecified atom stereocenters. The molecule has 1 aliphatic rings. The van der Waals surface area contributed by atoms with E-state index in [1.165, 1.54) is 17.1 Å². The Morgan fingerprint density at radius 2 is 1.79 bits per heavy atom. The molecule has 28 heavy (non-hydrogen) atoms. The lowest BCUT2D eigenvalue weighted by Crippen LogP contribution is -1.99. The monoisotopic (exact) mass is 415 g/mol. The molecule has 5 nitrogen and oxygen atoms in total. The van der Waals surface area contributed by atoms with Crippen LogP contribution in [0.1, 0.15) is 15.8 Å². The maximum absolute atomic E-state index is 5.94. The molecule has 1 saturated heterocycles. The summed E-state index contributed by atoms with van der Waals surface area (Å²) >= 11 is 3.94. The first kappa shape index (κ1) is 19.1. The Balaban J connectivity index is 1.43. The molecule has 7 heteroatoms. The zero-order chi connectivity index (χ0) is 19.3. The molecule has 2 aromatic carbocycles. The summed E-state index contributed by atoms with van der Waals surface area (Å²) in [7, 11) is 3.31. The smallest absolute Gasteiger partial charge is 0.226 e. The second-order valence-corrected chi connectivity index (χ2v) is 8.87. The third-order valence-electron chi connectivity index (χ3n) is 4.35. The van der Waals surface area contributed by atoms with Crippen LogP contribution in [0.15, 0.2) is 53.1 Å². The van der Waals surface area contributed by atoms with E-state index < -0.39 is 0 Å². The van der Waals surface area contributed by atoms with Crippen molar-refractivity contribution in [3.05, 3.63) is 60.0 Å². The van der Waals surface area contributed by atoms with E-state index in [1.807, 2.05) is 53.9 Å². The maximum Gasteiger partial charge on any atom is 0.226 e. The summed E-state index contributed by atoms with van der Waals surface area (Å²) < 4.78 is 22.7. The molecule has 2 heterocycles. The lowest BCUT2D eigenvalue weighted by atomic mass is 10.2. The van der Waals surface area contributed by atoms with E-state index in [1.54, 1.807) is 20.5 Å². The number of nitrogens with zero attached hydrogens (tertiary/aromatic N) is 1. The van der Waals surface area contributed by atoms with Crippen molar-refractivity contribution in [2.45, 2.75) is 11.2 Å². The number of methoxy groups -OCH3 is 2. The van der Waals surface area contributed by atoms with Crippen molar-refractivity contribution in [1.82, 2.24) is 4.98 Å². The SMILES string of the molecule is COc1ccc(-c2nc(COc3ccc(C4SCCS4)cc3OC)co2)cc1. The Hall–Kier alpha value is -2.25. The number of ether oxygens (including phenoxy) is 3. The van der Waals surface area contributed by atoms with Gasteiger partial charge in [0.05, 0.1) is 18.8 Å². The van der Waals surface area contributed by atoms with Crippen molar-refractivity contribution >= 4 is 23.5 Å². The first-order valence-corrected chi connectivity index (χ1v) is 11.0. The molecule has 0 saturated carbocycles.